The lowest BCUT2D eigenvalue weighted by atomic mass is 10.2. The summed E-state index contributed by atoms with van der Waals surface area (Å²) in [5, 5.41) is 0. The number of amides is 1. The number of rotatable bonds is 7. The lowest BCUT2D eigenvalue weighted by molar-refractivity contribution is -0.141. The van der Waals surface area contributed by atoms with Gasteiger partial charge in [0.05, 0.1) is 6.54 Å². The fourth-order valence-electron chi connectivity index (χ4n) is 2.18. The van der Waals surface area contributed by atoms with Gasteiger partial charge in [0.1, 0.15) is 5.82 Å². The van der Waals surface area contributed by atoms with E-state index in [9.17, 15) is 18.0 Å². The number of anilines is 1. The molecule has 0 aromatic carbocycles. The number of hydrogen-bond donors (Lipinski definition) is 1. The van der Waals surface area contributed by atoms with Gasteiger partial charge in [-0.25, -0.2) is 9.97 Å². The summed E-state index contributed by atoms with van der Waals surface area (Å²) in [6.07, 6.45) is -0.261. The van der Waals surface area contributed by atoms with Crippen LogP contribution in [-0.4, -0.2) is 33.9 Å². The fourth-order valence-corrected chi connectivity index (χ4v) is 2.18. The first kappa shape index (κ1) is 18.6. The number of nitrogens with zero attached hydrogens (tertiary/aromatic N) is 4. The summed E-state index contributed by atoms with van der Waals surface area (Å²) in [4.78, 5) is 24.4. The number of aromatic nitrogens is 3. The monoisotopic (exact) mass is 353 g/mol. The maximum absolute atomic E-state index is 13.2. The Balaban J connectivity index is 2.52. The van der Waals surface area contributed by atoms with E-state index in [1.165, 1.54) is 29.4 Å². The maximum atomic E-state index is 13.2. The second-order valence-electron chi connectivity index (χ2n) is 5.41. The van der Waals surface area contributed by atoms with Crippen molar-refractivity contribution in [3.63, 3.8) is 0 Å². The number of pyridine rings is 1. The number of carbonyl (C=O) groups excluding carboxylic acids is 1. The predicted molar refractivity (Wildman–Crippen MR) is 86.6 cm³/mol. The van der Waals surface area contributed by atoms with Crippen LogP contribution in [0.1, 0.15) is 25.5 Å². The van der Waals surface area contributed by atoms with Crippen molar-refractivity contribution in [3.05, 3.63) is 36.3 Å². The van der Waals surface area contributed by atoms with Crippen LogP contribution in [0, 0.1) is 0 Å². The molecule has 2 heterocycles. The summed E-state index contributed by atoms with van der Waals surface area (Å²) in [6, 6.07) is 3.87. The number of halogens is 3. The maximum Gasteiger partial charge on any atom is 0.433 e. The van der Waals surface area contributed by atoms with E-state index in [1.807, 2.05) is 6.92 Å². The second-order valence-corrected chi connectivity index (χ2v) is 5.41. The van der Waals surface area contributed by atoms with Crippen LogP contribution in [-0.2, 0) is 11.0 Å². The molecule has 2 aromatic rings. The second kappa shape index (κ2) is 7.91. The highest BCUT2D eigenvalue weighted by Gasteiger charge is 2.34. The summed E-state index contributed by atoms with van der Waals surface area (Å²) in [6.45, 7) is 2.08. The molecule has 0 bridgehead atoms. The standard InChI is InChI=1S/C16H18F3N5O/c1-2-3-8-24(10-13(20)25)14-9-12(16(17,18)19)22-15(23-14)11-4-6-21-7-5-11/h4-7,9H,2-3,8,10H2,1H3,(H2,20,25). The van der Waals surface area contributed by atoms with Crippen molar-refractivity contribution in [2.45, 2.75) is 25.9 Å². The van der Waals surface area contributed by atoms with Gasteiger partial charge in [-0.1, -0.05) is 13.3 Å². The van der Waals surface area contributed by atoms with Gasteiger partial charge in [-0.15, -0.1) is 0 Å². The fraction of sp³-hybridized carbons (Fsp3) is 0.375. The van der Waals surface area contributed by atoms with Gasteiger partial charge in [-0.2, -0.15) is 13.2 Å². The zero-order chi connectivity index (χ0) is 18.4. The Morgan fingerprint density at radius 2 is 1.92 bits per heavy atom. The van der Waals surface area contributed by atoms with Gasteiger partial charge in [-0.3, -0.25) is 9.78 Å². The summed E-state index contributed by atoms with van der Waals surface area (Å²) in [7, 11) is 0. The van der Waals surface area contributed by atoms with E-state index in [0.29, 0.717) is 18.5 Å². The molecule has 0 aliphatic carbocycles. The number of unbranched alkanes of at least 4 members (excludes halogenated alkanes) is 1. The van der Waals surface area contributed by atoms with E-state index in [2.05, 4.69) is 15.0 Å². The molecule has 0 aliphatic rings. The molecular formula is C16H18F3N5O. The number of nitrogens with two attached hydrogens (primary N) is 1. The van der Waals surface area contributed by atoms with Crippen molar-refractivity contribution in [1.82, 2.24) is 15.0 Å². The van der Waals surface area contributed by atoms with Crippen LogP contribution >= 0.6 is 0 Å². The van der Waals surface area contributed by atoms with E-state index < -0.39 is 17.8 Å². The largest absolute Gasteiger partial charge is 0.433 e. The molecule has 134 valence electrons. The summed E-state index contributed by atoms with van der Waals surface area (Å²) >= 11 is 0. The predicted octanol–water partition coefficient (Wildman–Crippen LogP) is 2.65. The Morgan fingerprint density at radius 3 is 2.48 bits per heavy atom. The van der Waals surface area contributed by atoms with Gasteiger partial charge in [0.15, 0.2) is 11.5 Å². The molecule has 6 nitrogen and oxygen atoms in total. The highest BCUT2D eigenvalue weighted by atomic mass is 19.4. The summed E-state index contributed by atoms with van der Waals surface area (Å²) < 4.78 is 39.7. The van der Waals surface area contributed by atoms with Crippen LogP contribution in [0.25, 0.3) is 11.4 Å². The van der Waals surface area contributed by atoms with Crippen molar-refractivity contribution >= 4 is 11.7 Å². The molecule has 0 spiro atoms. The van der Waals surface area contributed by atoms with Crippen LogP contribution in [0.2, 0.25) is 0 Å². The van der Waals surface area contributed by atoms with Crippen molar-refractivity contribution in [2.24, 2.45) is 5.73 Å². The van der Waals surface area contributed by atoms with Gasteiger partial charge in [-0.05, 0) is 18.6 Å². The normalized spacial score (nSPS) is 11.4. The van der Waals surface area contributed by atoms with E-state index in [1.54, 1.807) is 0 Å². The van der Waals surface area contributed by atoms with Crippen molar-refractivity contribution in [3.8, 4) is 11.4 Å². The smallest absolute Gasteiger partial charge is 0.368 e. The van der Waals surface area contributed by atoms with Gasteiger partial charge in [0.2, 0.25) is 5.91 Å². The average molecular weight is 353 g/mol. The van der Waals surface area contributed by atoms with Crippen molar-refractivity contribution in [1.29, 1.82) is 0 Å². The molecule has 0 saturated heterocycles. The molecule has 0 aliphatic heterocycles. The molecule has 2 N–H and O–H groups in total. The van der Waals surface area contributed by atoms with Crippen molar-refractivity contribution < 1.29 is 18.0 Å². The minimum absolute atomic E-state index is 0.0152. The lowest BCUT2D eigenvalue weighted by Gasteiger charge is -2.23. The Labute approximate surface area is 142 Å². The van der Waals surface area contributed by atoms with Crippen molar-refractivity contribution in [2.75, 3.05) is 18.0 Å². The molecule has 25 heavy (non-hydrogen) atoms. The molecular weight excluding hydrogens is 335 g/mol. The number of carbonyl (C=O) groups is 1. The van der Waals surface area contributed by atoms with Gasteiger partial charge in [0.25, 0.3) is 0 Å². The van der Waals surface area contributed by atoms with E-state index >= 15 is 0 Å². The first-order chi connectivity index (χ1) is 11.8. The topological polar surface area (TPSA) is 85.0 Å². The van der Waals surface area contributed by atoms with Crippen LogP contribution in [0.5, 0.6) is 0 Å². The third-order valence-corrected chi connectivity index (χ3v) is 3.39. The SMILES string of the molecule is CCCCN(CC(N)=O)c1cc(C(F)(F)F)nc(-c2ccncc2)n1. The van der Waals surface area contributed by atoms with Gasteiger partial charge in [0, 0.05) is 30.6 Å². The van der Waals surface area contributed by atoms with Gasteiger partial charge >= 0.3 is 6.18 Å². The quantitative estimate of drug-likeness (QED) is 0.827. The highest BCUT2D eigenvalue weighted by Crippen LogP contribution is 2.31. The minimum Gasteiger partial charge on any atom is -0.368 e. The minimum atomic E-state index is -4.64. The van der Waals surface area contributed by atoms with Crippen LogP contribution in [0.3, 0.4) is 0 Å². The van der Waals surface area contributed by atoms with Crippen LogP contribution in [0.15, 0.2) is 30.6 Å². The first-order valence-electron chi connectivity index (χ1n) is 7.71. The summed E-state index contributed by atoms with van der Waals surface area (Å²) in [5.41, 5.74) is 4.55. The Hall–Kier alpha value is -2.71. The van der Waals surface area contributed by atoms with Crippen LogP contribution in [0.4, 0.5) is 19.0 Å². The van der Waals surface area contributed by atoms with E-state index in [0.717, 1.165) is 12.5 Å². The zero-order valence-electron chi connectivity index (χ0n) is 13.6. The number of hydrogen-bond acceptors (Lipinski definition) is 5. The first-order valence-corrected chi connectivity index (χ1v) is 7.71. The Morgan fingerprint density at radius 1 is 1.24 bits per heavy atom. The third kappa shape index (κ3) is 5.13. The molecule has 0 unspecified atom stereocenters. The van der Waals surface area contributed by atoms with Crippen LogP contribution < -0.4 is 10.6 Å². The molecule has 2 rings (SSSR count). The Bertz CT molecular complexity index is 721. The number of alkyl halides is 3. The Kier molecular flexibility index (Phi) is 5.89. The van der Waals surface area contributed by atoms with E-state index in [-0.39, 0.29) is 18.2 Å². The average Bonchev–Trinajstić information content (AvgIpc) is 2.58. The molecule has 0 saturated carbocycles. The molecule has 9 heteroatoms. The van der Waals surface area contributed by atoms with E-state index in [4.69, 9.17) is 5.73 Å². The zero-order valence-corrected chi connectivity index (χ0v) is 13.6. The molecule has 2 aromatic heterocycles. The third-order valence-electron chi connectivity index (χ3n) is 3.39. The molecule has 0 fully saturated rings. The molecule has 0 radical (unpaired) electrons. The molecule has 0 atom stereocenters. The highest BCUT2D eigenvalue weighted by molar-refractivity contribution is 5.79. The van der Waals surface area contributed by atoms with Gasteiger partial charge < -0.3 is 10.6 Å². The molecule has 1 amide bonds. The lowest BCUT2D eigenvalue weighted by Crippen LogP contribution is -2.35. The summed E-state index contributed by atoms with van der Waals surface area (Å²) in [5.74, 6) is -0.715. The number of primary amides is 1.